The van der Waals surface area contributed by atoms with E-state index in [9.17, 15) is 24.3 Å². The molecule has 2 aliphatic carbocycles. The van der Waals surface area contributed by atoms with E-state index in [0.29, 0.717) is 57.3 Å². The number of phenols is 1. The highest BCUT2D eigenvalue weighted by Crippen LogP contribution is 2.59. The van der Waals surface area contributed by atoms with Gasteiger partial charge in [-0.15, -0.1) is 0 Å². The molecule has 12 rings (SSSR count). The Bertz CT molecular complexity index is 3140. The summed E-state index contributed by atoms with van der Waals surface area (Å²) in [6.45, 7) is 0. The number of amides is 4. The molecule has 4 aliphatic rings. The van der Waals surface area contributed by atoms with Crippen molar-refractivity contribution in [3.8, 4) is 28.7 Å². The number of anilines is 2. The number of imide groups is 2. The first-order chi connectivity index (χ1) is 29.8. The van der Waals surface area contributed by atoms with Crippen molar-refractivity contribution in [1.82, 2.24) is 9.97 Å². The maximum atomic E-state index is 14.9. The summed E-state index contributed by atoms with van der Waals surface area (Å²) in [5.74, 6) is -4.32. The Morgan fingerprint density at radius 3 is 1.64 bits per heavy atom. The van der Waals surface area contributed by atoms with Crippen LogP contribution in [0.15, 0.2) is 154 Å². The second kappa shape index (κ2) is 13.2. The lowest BCUT2D eigenvalue weighted by atomic mass is 9.57. The van der Waals surface area contributed by atoms with Crippen molar-refractivity contribution in [3.05, 3.63) is 151 Å². The van der Waals surface area contributed by atoms with E-state index >= 15 is 0 Å². The number of carbonyl (C=O) groups excluding carboxylic acids is 4. The first-order valence-electron chi connectivity index (χ1n) is 20.4. The van der Waals surface area contributed by atoms with E-state index in [1.807, 2.05) is 84.9 Å². The second-order valence-electron chi connectivity index (χ2n) is 16.3. The van der Waals surface area contributed by atoms with Crippen LogP contribution < -0.4 is 9.80 Å². The van der Waals surface area contributed by atoms with Gasteiger partial charge in [-0.05, 0) is 109 Å². The Morgan fingerprint density at radius 2 is 1.05 bits per heavy atom. The molecule has 1 saturated carbocycles. The molecular weight excluding hydrogens is 769 g/mol. The molecule has 2 saturated heterocycles. The van der Waals surface area contributed by atoms with Gasteiger partial charge in [-0.2, -0.15) is 0 Å². The van der Waals surface area contributed by atoms with Gasteiger partial charge in [0.25, 0.3) is 0 Å². The van der Waals surface area contributed by atoms with Crippen LogP contribution in [0.25, 0.3) is 55.9 Å². The second-order valence-corrected chi connectivity index (χ2v) is 16.3. The Kier molecular flexibility index (Phi) is 7.62. The van der Waals surface area contributed by atoms with E-state index in [0.717, 1.165) is 27.6 Å². The number of para-hydroxylation sites is 4. The predicted octanol–water partition coefficient (Wildman–Crippen LogP) is 9.21. The van der Waals surface area contributed by atoms with E-state index in [1.54, 1.807) is 54.6 Å². The van der Waals surface area contributed by atoms with Crippen molar-refractivity contribution in [2.24, 2.45) is 29.6 Å². The van der Waals surface area contributed by atoms with Crippen molar-refractivity contribution < 1.29 is 33.1 Å². The molecule has 2 aromatic heterocycles. The monoisotopic (exact) mass is 802 g/mol. The van der Waals surface area contributed by atoms with Crippen LogP contribution in [-0.2, 0) is 19.2 Å². The van der Waals surface area contributed by atoms with Crippen LogP contribution in [0, 0.1) is 29.6 Å². The fraction of sp³-hybridized carbons (Fsp3) is 0.160. The highest BCUT2D eigenvalue weighted by atomic mass is 16.4. The van der Waals surface area contributed by atoms with Crippen molar-refractivity contribution >= 4 is 68.0 Å². The molecule has 0 bridgehead atoms. The minimum atomic E-state index is -0.779. The maximum Gasteiger partial charge on any atom is 0.238 e. The molecule has 6 aromatic carbocycles. The third-order valence-corrected chi connectivity index (χ3v) is 13.3. The summed E-state index contributed by atoms with van der Waals surface area (Å²) in [6.07, 6.45) is 2.58. The fourth-order valence-corrected chi connectivity index (χ4v) is 10.5. The van der Waals surface area contributed by atoms with Crippen LogP contribution in [0.5, 0.6) is 5.75 Å². The highest BCUT2D eigenvalue weighted by Gasteiger charge is 2.62. The number of carbonyl (C=O) groups is 4. The molecule has 11 nitrogen and oxygen atoms in total. The molecule has 3 fully saturated rings. The van der Waals surface area contributed by atoms with E-state index in [1.165, 1.54) is 9.80 Å². The smallest absolute Gasteiger partial charge is 0.238 e. The van der Waals surface area contributed by atoms with Crippen LogP contribution in [0.2, 0.25) is 0 Å². The standard InChI is InChI=1S/C50H34N4O7/c55-39-24-23-32(30-7-1-2-8-31(30)39)42-33-21-22-34-43(49(58)53(47(34)56)28-17-13-26(14-18-28)45-51-37-9-3-5-11-40(37)60-45)35(33)25-36-44(42)50(59)54(48(36)57)29-19-15-27(16-20-29)46-52-38-10-4-6-12-41(38)61-46/h1-21,23-24,34-36,42-44,55H,22,25H2. The zero-order valence-corrected chi connectivity index (χ0v) is 32.3. The maximum absolute atomic E-state index is 14.9. The highest BCUT2D eigenvalue weighted by molar-refractivity contribution is 6.24. The summed E-state index contributed by atoms with van der Waals surface area (Å²) >= 11 is 0. The molecule has 2 aliphatic heterocycles. The lowest BCUT2D eigenvalue weighted by molar-refractivity contribution is -0.126. The van der Waals surface area contributed by atoms with E-state index in [-0.39, 0.29) is 35.8 Å². The lowest BCUT2D eigenvalue weighted by Crippen LogP contribution is -2.43. The van der Waals surface area contributed by atoms with Crippen molar-refractivity contribution in [2.45, 2.75) is 18.8 Å². The first-order valence-corrected chi connectivity index (χ1v) is 20.4. The third-order valence-electron chi connectivity index (χ3n) is 13.3. The third kappa shape index (κ3) is 5.22. The van der Waals surface area contributed by atoms with E-state index in [4.69, 9.17) is 8.83 Å². The molecule has 4 amide bonds. The molecule has 1 N–H and O–H groups in total. The zero-order chi connectivity index (χ0) is 41.1. The molecule has 11 heteroatoms. The number of fused-ring (bicyclic) bond motifs is 7. The van der Waals surface area contributed by atoms with Crippen LogP contribution in [0.4, 0.5) is 11.4 Å². The van der Waals surface area contributed by atoms with Gasteiger partial charge in [0.2, 0.25) is 35.4 Å². The number of benzene rings is 6. The molecule has 6 unspecified atom stereocenters. The Hall–Kier alpha value is -7.66. The topological polar surface area (TPSA) is 147 Å². The van der Waals surface area contributed by atoms with E-state index < -0.39 is 35.5 Å². The summed E-state index contributed by atoms with van der Waals surface area (Å²) in [7, 11) is 0. The van der Waals surface area contributed by atoms with Gasteiger partial charge in [0, 0.05) is 22.4 Å². The van der Waals surface area contributed by atoms with Gasteiger partial charge in [-0.25, -0.2) is 9.97 Å². The molecule has 0 radical (unpaired) electrons. The quantitative estimate of drug-likeness (QED) is 0.133. The number of nitrogens with zero attached hydrogens (tertiary/aromatic N) is 4. The van der Waals surface area contributed by atoms with Crippen molar-refractivity contribution in [2.75, 3.05) is 9.80 Å². The van der Waals surface area contributed by atoms with Crippen molar-refractivity contribution in [3.63, 3.8) is 0 Å². The van der Waals surface area contributed by atoms with Crippen molar-refractivity contribution in [1.29, 1.82) is 0 Å². The van der Waals surface area contributed by atoms with Gasteiger partial charge in [0.05, 0.1) is 35.0 Å². The number of phenolic OH excluding ortho intramolecular Hbond substituents is 1. The van der Waals surface area contributed by atoms with Gasteiger partial charge >= 0.3 is 0 Å². The largest absolute Gasteiger partial charge is 0.507 e. The van der Waals surface area contributed by atoms with Crippen LogP contribution in [-0.4, -0.2) is 38.7 Å². The number of allylic oxidation sites excluding steroid dienone is 2. The molecule has 4 heterocycles. The minimum Gasteiger partial charge on any atom is -0.507 e. The summed E-state index contributed by atoms with van der Waals surface area (Å²) in [5.41, 5.74) is 6.70. The minimum absolute atomic E-state index is 0.102. The van der Waals surface area contributed by atoms with Crippen LogP contribution >= 0.6 is 0 Å². The Balaban J connectivity index is 0.911. The lowest BCUT2D eigenvalue weighted by Gasteiger charge is -2.44. The number of oxazole rings is 2. The van der Waals surface area contributed by atoms with Gasteiger partial charge in [0.15, 0.2) is 11.2 Å². The average molecular weight is 803 g/mol. The summed E-state index contributed by atoms with van der Waals surface area (Å²) < 4.78 is 11.9. The number of hydrogen-bond donors (Lipinski definition) is 1. The molecule has 61 heavy (non-hydrogen) atoms. The molecule has 8 aromatic rings. The summed E-state index contributed by atoms with van der Waals surface area (Å²) in [6, 6.07) is 40.0. The summed E-state index contributed by atoms with van der Waals surface area (Å²) in [4.78, 5) is 70.5. The molecular formula is C50H34N4O7. The number of hydrogen-bond acceptors (Lipinski definition) is 9. The number of aromatic nitrogens is 2. The van der Waals surface area contributed by atoms with E-state index in [2.05, 4.69) is 9.97 Å². The average Bonchev–Trinajstić information content (AvgIpc) is 4.05. The van der Waals surface area contributed by atoms with Crippen LogP contribution in [0.1, 0.15) is 24.3 Å². The first kappa shape index (κ1) is 35.3. The van der Waals surface area contributed by atoms with Gasteiger partial charge < -0.3 is 13.9 Å². The zero-order valence-electron chi connectivity index (χ0n) is 32.3. The normalized spacial score (nSPS) is 23.5. The molecule has 6 atom stereocenters. The SMILES string of the molecule is O=C1C2CC=C3C(CC4C(=O)N(c5ccc(-c6nc7ccccc7o6)cc5)C(=O)C4C3c3ccc(O)c4ccccc34)C2C(=O)N1c1ccc(-c2nc3ccccc3o2)cc1. The number of rotatable bonds is 5. The Morgan fingerprint density at radius 1 is 0.525 bits per heavy atom. The van der Waals surface area contributed by atoms with Gasteiger partial charge in [0.1, 0.15) is 16.8 Å². The van der Waals surface area contributed by atoms with Crippen LogP contribution in [0.3, 0.4) is 0 Å². The molecule has 0 spiro atoms. The van der Waals surface area contributed by atoms with Gasteiger partial charge in [-0.1, -0.05) is 66.2 Å². The molecule has 296 valence electrons. The Labute approximate surface area is 347 Å². The van der Waals surface area contributed by atoms with Gasteiger partial charge in [-0.3, -0.25) is 29.0 Å². The number of aromatic hydroxyl groups is 1. The predicted molar refractivity (Wildman–Crippen MR) is 227 cm³/mol. The fourth-order valence-electron chi connectivity index (χ4n) is 10.5. The summed E-state index contributed by atoms with van der Waals surface area (Å²) in [5, 5.41) is 12.3.